The second-order valence-electron chi connectivity index (χ2n) is 11.4. The molecule has 42 heavy (non-hydrogen) atoms. The number of H-pyrrole nitrogens is 2. The zero-order valence-electron chi connectivity index (χ0n) is 22.9. The number of likely N-dealkylation sites (tertiary alicyclic amines) is 1. The molecule has 0 aromatic carbocycles. The van der Waals surface area contributed by atoms with Crippen molar-refractivity contribution in [2.24, 2.45) is 5.92 Å². The van der Waals surface area contributed by atoms with E-state index in [-0.39, 0.29) is 13.0 Å². The van der Waals surface area contributed by atoms with Gasteiger partial charge in [-0.25, -0.2) is 18.7 Å². The Morgan fingerprint density at radius 2 is 1.98 bits per heavy atom. The normalized spacial score (nSPS) is 19.9. The van der Waals surface area contributed by atoms with E-state index in [9.17, 15) is 8.78 Å². The van der Waals surface area contributed by atoms with Crippen LogP contribution in [-0.4, -0.2) is 60.6 Å². The minimum absolute atomic E-state index is 0.0775. The van der Waals surface area contributed by atoms with E-state index >= 15 is 0 Å². The number of hydrogen-bond donors (Lipinski definition) is 2. The van der Waals surface area contributed by atoms with Crippen molar-refractivity contribution in [2.75, 3.05) is 19.6 Å². The fourth-order valence-corrected chi connectivity index (χ4v) is 6.80. The average molecular weight is 580 g/mol. The van der Waals surface area contributed by atoms with Gasteiger partial charge in [0.1, 0.15) is 16.7 Å². The van der Waals surface area contributed by atoms with Crippen molar-refractivity contribution in [1.82, 2.24) is 35.0 Å². The fourth-order valence-electron chi connectivity index (χ4n) is 5.87. The number of nitrogens with zero attached hydrogens (tertiary/aromatic N) is 5. The number of fused-ring (bicyclic) bond motifs is 3. The highest BCUT2D eigenvalue weighted by Crippen LogP contribution is 2.44. The molecule has 0 radical (unpaired) electrons. The first-order valence-corrected chi connectivity index (χ1v) is 14.8. The number of nitrogens with one attached hydrogen (secondary N) is 2. The van der Waals surface area contributed by atoms with Crippen LogP contribution in [0.1, 0.15) is 30.3 Å². The minimum Gasteiger partial charge on any atom is -0.336 e. The van der Waals surface area contributed by atoms with Crippen molar-refractivity contribution >= 4 is 44.5 Å². The van der Waals surface area contributed by atoms with E-state index in [1.54, 1.807) is 17.5 Å². The lowest BCUT2D eigenvalue weighted by atomic mass is 10.1. The number of aromatic amines is 2. The Bertz CT molecular complexity index is 2010. The van der Waals surface area contributed by atoms with Crippen molar-refractivity contribution in [3.05, 3.63) is 83.1 Å². The van der Waals surface area contributed by atoms with Gasteiger partial charge in [0.25, 0.3) is 5.92 Å². The summed E-state index contributed by atoms with van der Waals surface area (Å²) in [6.45, 7) is 6.79. The van der Waals surface area contributed by atoms with Gasteiger partial charge >= 0.3 is 0 Å². The van der Waals surface area contributed by atoms with Crippen LogP contribution in [0.5, 0.6) is 0 Å². The summed E-state index contributed by atoms with van der Waals surface area (Å²) in [4.78, 5) is 22.0. The molecular formula is C32H27F2N7S. The van der Waals surface area contributed by atoms with E-state index in [4.69, 9.17) is 9.97 Å². The third kappa shape index (κ3) is 4.51. The van der Waals surface area contributed by atoms with Crippen LogP contribution in [0.3, 0.4) is 0 Å². The van der Waals surface area contributed by atoms with Crippen LogP contribution in [0.25, 0.3) is 55.3 Å². The number of alkyl halides is 2. The Hall–Kier alpha value is -4.28. The van der Waals surface area contributed by atoms with Crippen LogP contribution in [0.2, 0.25) is 0 Å². The summed E-state index contributed by atoms with van der Waals surface area (Å²) in [5.41, 5.74) is 9.83. The molecule has 1 unspecified atom stereocenters. The zero-order chi connectivity index (χ0) is 28.6. The largest absolute Gasteiger partial charge is 0.336 e. The van der Waals surface area contributed by atoms with Crippen molar-refractivity contribution in [3.63, 3.8) is 0 Å². The van der Waals surface area contributed by atoms with Gasteiger partial charge in [0.15, 0.2) is 11.5 Å². The molecule has 5 aromatic rings. The number of aromatic nitrogens is 6. The Kier molecular flexibility index (Phi) is 5.67. The van der Waals surface area contributed by atoms with E-state index in [1.165, 1.54) is 5.57 Å². The summed E-state index contributed by atoms with van der Waals surface area (Å²) in [5.74, 6) is -1.62. The Balaban J connectivity index is 1.15. The summed E-state index contributed by atoms with van der Waals surface area (Å²) >= 11 is 1.64. The molecule has 6 heterocycles. The topological polar surface area (TPSA) is 86.4 Å². The molecule has 3 aliphatic rings. The number of thiophene rings is 1. The van der Waals surface area contributed by atoms with Gasteiger partial charge in [0, 0.05) is 36.5 Å². The van der Waals surface area contributed by atoms with Crippen LogP contribution < -0.4 is 0 Å². The molecule has 1 saturated heterocycles. The smallest absolute Gasteiger partial charge is 0.261 e. The van der Waals surface area contributed by atoms with Crippen molar-refractivity contribution in [1.29, 1.82) is 0 Å². The van der Waals surface area contributed by atoms with E-state index in [2.05, 4.69) is 57.1 Å². The molecule has 0 bridgehead atoms. The first-order valence-electron chi connectivity index (χ1n) is 14.0. The highest BCUT2D eigenvalue weighted by atomic mass is 32.1. The molecule has 0 amide bonds. The highest BCUT2D eigenvalue weighted by Gasteiger charge is 2.38. The first-order chi connectivity index (χ1) is 20.3. The second-order valence-corrected chi connectivity index (χ2v) is 12.5. The molecule has 210 valence electrons. The number of pyridine rings is 2. The van der Waals surface area contributed by atoms with Crippen LogP contribution in [-0.2, 0) is 0 Å². The molecule has 10 heteroatoms. The third-order valence-electron chi connectivity index (χ3n) is 8.11. The van der Waals surface area contributed by atoms with Gasteiger partial charge in [-0.2, -0.15) is 5.10 Å². The summed E-state index contributed by atoms with van der Waals surface area (Å²) in [6, 6.07) is 10.00. The summed E-state index contributed by atoms with van der Waals surface area (Å²) in [7, 11) is 0. The van der Waals surface area contributed by atoms with E-state index in [0.717, 1.165) is 60.8 Å². The highest BCUT2D eigenvalue weighted by molar-refractivity contribution is 7.16. The Morgan fingerprint density at radius 1 is 1.10 bits per heavy atom. The first kappa shape index (κ1) is 25.4. The predicted molar refractivity (Wildman–Crippen MR) is 163 cm³/mol. The standard InChI is InChI=1S/C32H27F2N7S/c1-17(2)25-5-6-26(42-25)29-27-23(7-9-35-29)37-31(38-27)30-28-24(39-40-30)4-3-22(36-28)21-12-18(11-19-13-20(19)14-21)15-41-10-8-32(33,34)16-41/h3-7,9,11-12,14,20H,1,8,10,13,15-16H2,2H3,(H,37,38)(H,39,40). The maximum atomic E-state index is 13.8. The van der Waals surface area contributed by atoms with Gasteiger partial charge in [-0.05, 0) is 66.5 Å². The Morgan fingerprint density at radius 3 is 2.79 bits per heavy atom. The van der Waals surface area contributed by atoms with Gasteiger partial charge in [0.05, 0.1) is 28.1 Å². The molecule has 1 aliphatic heterocycles. The molecular weight excluding hydrogens is 552 g/mol. The van der Waals surface area contributed by atoms with Gasteiger partial charge in [-0.3, -0.25) is 15.0 Å². The van der Waals surface area contributed by atoms with Gasteiger partial charge in [0.2, 0.25) is 0 Å². The quantitative estimate of drug-likeness (QED) is 0.221. The molecule has 7 nitrogen and oxygen atoms in total. The zero-order valence-corrected chi connectivity index (χ0v) is 23.7. The molecule has 1 saturated carbocycles. The van der Waals surface area contributed by atoms with Crippen molar-refractivity contribution in [2.45, 2.75) is 25.7 Å². The SMILES string of the molecule is C=C(C)c1ccc(-c2nccc3[nH]c(-c4n[nH]c5ccc(C6=CC7CC7=CC(CN7CCC(F)(F)C7)=C6)nc45)nc23)s1. The molecule has 8 rings (SSSR count). The fraction of sp³-hybridized carbons (Fsp3) is 0.250. The van der Waals surface area contributed by atoms with Crippen LogP contribution in [0.15, 0.2) is 72.5 Å². The van der Waals surface area contributed by atoms with E-state index in [1.807, 2.05) is 30.0 Å². The Labute approximate surface area is 244 Å². The van der Waals surface area contributed by atoms with Crippen LogP contribution in [0, 0.1) is 5.92 Å². The van der Waals surface area contributed by atoms with E-state index in [0.29, 0.717) is 36.0 Å². The summed E-state index contributed by atoms with van der Waals surface area (Å²) in [6.07, 6.45) is 9.23. The minimum atomic E-state index is -2.60. The molecule has 2 aliphatic carbocycles. The lowest BCUT2D eigenvalue weighted by Gasteiger charge is -2.16. The molecule has 1 atom stereocenters. The maximum absolute atomic E-state index is 13.8. The molecule has 0 spiro atoms. The van der Waals surface area contributed by atoms with Crippen LogP contribution in [0.4, 0.5) is 8.78 Å². The predicted octanol–water partition coefficient (Wildman–Crippen LogP) is 7.27. The molecule has 5 aromatic heterocycles. The number of allylic oxidation sites excluding steroid dienone is 5. The van der Waals surface area contributed by atoms with Crippen molar-refractivity contribution < 1.29 is 8.78 Å². The van der Waals surface area contributed by atoms with Gasteiger partial charge in [-0.1, -0.05) is 24.3 Å². The average Bonchev–Trinajstić information content (AvgIpc) is 3.39. The van der Waals surface area contributed by atoms with Gasteiger partial charge in [-0.15, -0.1) is 11.3 Å². The summed E-state index contributed by atoms with van der Waals surface area (Å²) < 4.78 is 27.7. The maximum Gasteiger partial charge on any atom is 0.261 e. The molecule has 2 N–H and O–H groups in total. The monoisotopic (exact) mass is 579 g/mol. The van der Waals surface area contributed by atoms with Crippen LogP contribution >= 0.6 is 11.3 Å². The van der Waals surface area contributed by atoms with Gasteiger partial charge < -0.3 is 4.98 Å². The third-order valence-corrected chi connectivity index (χ3v) is 9.36. The number of hydrogen-bond acceptors (Lipinski definition) is 6. The van der Waals surface area contributed by atoms with Crippen molar-refractivity contribution in [3.8, 4) is 22.1 Å². The molecule has 2 fully saturated rings. The lowest BCUT2D eigenvalue weighted by Crippen LogP contribution is -2.26. The number of halogens is 2. The second kappa shape index (κ2) is 9.37. The summed E-state index contributed by atoms with van der Waals surface area (Å²) in [5, 5.41) is 7.68. The number of rotatable bonds is 6. The lowest BCUT2D eigenvalue weighted by molar-refractivity contribution is 0.0131. The van der Waals surface area contributed by atoms with E-state index < -0.39 is 5.92 Å². The number of imidazole rings is 1.